The lowest BCUT2D eigenvalue weighted by Gasteiger charge is -2.21. The minimum atomic E-state index is -0.572. The topological polar surface area (TPSA) is 49.7 Å². The minimum Gasteiger partial charge on any atom is -0.488 e. The smallest absolute Gasteiger partial charge is 0.125 e. The highest BCUT2D eigenvalue weighted by molar-refractivity contribution is 5.38. The molecule has 2 unspecified atom stereocenters. The molecule has 0 saturated heterocycles. The first-order chi connectivity index (χ1) is 7.41. The van der Waals surface area contributed by atoms with Gasteiger partial charge in [-0.1, -0.05) is 12.1 Å². The van der Waals surface area contributed by atoms with Gasteiger partial charge in [0, 0.05) is 5.56 Å². The first-order valence-corrected chi connectivity index (χ1v) is 5.55. The molecule has 0 saturated carbocycles. The van der Waals surface area contributed by atoms with Crippen molar-refractivity contribution in [3.8, 4) is 5.75 Å². The number of aliphatic hydroxyl groups is 2. The monoisotopic (exact) mass is 224 g/mol. The molecule has 0 spiro atoms. The van der Waals surface area contributed by atoms with E-state index < -0.39 is 12.2 Å². The SMILES string of the molecule is Cc1ccc([C@@H](C)O)c(OC(C)C(C)O)c1. The van der Waals surface area contributed by atoms with Crippen LogP contribution in [0.3, 0.4) is 0 Å². The van der Waals surface area contributed by atoms with Gasteiger partial charge in [0.1, 0.15) is 11.9 Å². The van der Waals surface area contributed by atoms with Gasteiger partial charge in [-0.3, -0.25) is 0 Å². The number of hydrogen-bond acceptors (Lipinski definition) is 3. The van der Waals surface area contributed by atoms with Gasteiger partial charge in [-0.15, -0.1) is 0 Å². The Hall–Kier alpha value is -1.06. The molecular formula is C13H20O3. The summed E-state index contributed by atoms with van der Waals surface area (Å²) >= 11 is 0. The normalized spacial score (nSPS) is 16.6. The van der Waals surface area contributed by atoms with Crippen molar-refractivity contribution in [1.82, 2.24) is 0 Å². The van der Waals surface area contributed by atoms with Crippen molar-refractivity contribution in [3.05, 3.63) is 29.3 Å². The molecule has 16 heavy (non-hydrogen) atoms. The molecule has 2 N–H and O–H groups in total. The molecule has 0 radical (unpaired) electrons. The van der Waals surface area contributed by atoms with Crippen molar-refractivity contribution in [1.29, 1.82) is 0 Å². The molecular weight excluding hydrogens is 204 g/mol. The van der Waals surface area contributed by atoms with E-state index in [0.29, 0.717) is 5.75 Å². The lowest BCUT2D eigenvalue weighted by molar-refractivity contribution is 0.0577. The zero-order valence-electron chi connectivity index (χ0n) is 10.3. The Morgan fingerprint density at radius 1 is 1.12 bits per heavy atom. The van der Waals surface area contributed by atoms with Gasteiger partial charge >= 0.3 is 0 Å². The second kappa shape index (κ2) is 5.32. The summed E-state index contributed by atoms with van der Waals surface area (Å²) in [5, 5.41) is 19.0. The van der Waals surface area contributed by atoms with Gasteiger partial charge in [0.15, 0.2) is 0 Å². The summed E-state index contributed by atoms with van der Waals surface area (Å²) in [4.78, 5) is 0. The Bertz CT molecular complexity index is 345. The fourth-order valence-corrected chi connectivity index (χ4v) is 1.39. The van der Waals surface area contributed by atoms with E-state index in [0.717, 1.165) is 11.1 Å². The number of benzene rings is 1. The maximum absolute atomic E-state index is 9.60. The second-order valence-corrected chi connectivity index (χ2v) is 4.28. The molecule has 90 valence electrons. The number of hydrogen-bond donors (Lipinski definition) is 2. The maximum Gasteiger partial charge on any atom is 0.125 e. The molecule has 1 aromatic rings. The van der Waals surface area contributed by atoms with E-state index in [1.54, 1.807) is 20.8 Å². The highest BCUT2D eigenvalue weighted by atomic mass is 16.5. The van der Waals surface area contributed by atoms with E-state index >= 15 is 0 Å². The third kappa shape index (κ3) is 3.22. The van der Waals surface area contributed by atoms with Crippen molar-refractivity contribution in [3.63, 3.8) is 0 Å². The van der Waals surface area contributed by atoms with Crippen LogP contribution in [0.1, 0.15) is 38.0 Å². The molecule has 0 aliphatic rings. The molecule has 3 heteroatoms. The molecule has 1 aromatic carbocycles. The number of ether oxygens (including phenoxy) is 1. The third-order valence-electron chi connectivity index (χ3n) is 2.61. The van der Waals surface area contributed by atoms with E-state index in [1.807, 2.05) is 25.1 Å². The van der Waals surface area contributed by atoms with E-state index in [4.69, 9.17) is 4.74 Å². The van der Waals surface area contributed by atoms with Crippen LogP contribution in [0.5, 0.6) is 5.75 Å². The average Bonchev–Trinajstić information content (AvgIpc) is 2.16. The number of aryl methyl sites for hydroxylation is 1. The van der Waals surface area contributed by atoms with Crippen molar-refractivity contribution in [2.75, 3.05) is 0 Å². The van der Waals surface area contributed by atoms with E-state index in [9.17, 15) is 10.2 Å². The molecule has 3 atom stereocenters. The minimum absolute atomic E-state index is 0.292. The Morgan fingerprint density at radius 2 is 1.75 bits per heavy atom. The van der Waals surface area contributed by atoms with Gasteiger partial charge in [0.25, 0.3) is 0 Å². The molecule has 0 fully saturated rings. The number of aliphatic hydroxyl groups excluding tert-OH is 2. The summed E-state index contributed by atoms with van der Waals surface area (Å²) in [7, 11) is 0. The van der Waals surface area contributed by atoms with Crippen LogP contribution in [-0.2, 0) is 0 Å². The molecule has 0 heterocycles. The van der Waals surface area contributed by atoms with Crippen LogP contribution in [0, 0.1) is 6.92 Å². The first kappa shape index (κ1) is 13.0. The van der Waals surface area contributed by atoms with Crippen LogP contribution in [0.2, 0.25) is 0 Å². The fourth-order valence-electron chi connectivity index (χ4n) is 1.39. The molecule has 0 aromatic heterocycles. The molecule has 0 aliphatic heterocycles. The van der Waals surface area contributed by atoms with Crippen molar-refractivity contribution in [2.24, 2.45) is 0 Å². The largest absolute Gasteiger partial charge is 0.488 e. The van der Waals surface area contributed by atoms with Crippen molar-refractivity contribution < 1.29 is 14.9 Å². The zero-order valence-corrected chi connectivity index (χ0v) is 10.3. The van der Waals surface area contributed by atoms with Crippen LogP contribution in [0.4, 0.5) is 0 Å². The Labute approximate surface area is 96.7 Å². The second-order valence-electron chi connectivity index (χ2n) is 4.28. The zero-order chi connectivity index (χ0) is 12.3. The van der Waals surface area contributed by atoms with Gasteiger partial charge in [0.05, 0.1) is 12.2 Å². The summed E-state index contributed by atoms with van der Waals surface area (Å²) in [6.07, 6.45) is -1.40. The third-order valence-corrected chi connectivity index (χ3v) is 2.61. The van der Waals surface area contributed by atoms with E-state index in [-0.39, 0.29) is 6.10 Å². The summed E-state index contributed by atoms with van der Waals surface area (Å²) in [5.41, 5.74) is 1.82. The maximum atomic E-state index is 9.60. The van der Waals surface area contributed by atoms with Crippen LogP contribution < -0.4 is 4.74 Å². The van der Waals surface area contributed by atoms with Crippen LogP contribution in [0.25, 0.3) is 0 Å². The summed E-state index contributed by atoms with van der Waals surface area (Å²) < 4.78 is 5.64. The molecule has 1 rings (SSSR count). The Balaban J connectivity index is 2.96. The average molecular weight is 224 g/mol. The van der Waals surface area contributed by atoms with Gasteiger partial charge in [0.2, 0.25) is 0 Å². The highest BCUT2D eigenvalue weighted by Crippen LogP contribution is 2.27. The lowest BCUT2D eigenvalue weighted by Crippen LogP contribution is -2.26. The Kier molecular flexibility index (Phi) is 4.33. The fraction of sp³-hybridized carbons (Fsp3) is 0.538. The highest BCUT2D eigenvalue weighted by Gasteiger charge is 2.15. The standard InChI is InChI=1S/C13H20O3/c1-8-5-6-12(10(3)15)13(7-8)16-11(4)9(2)14/h5-7,9-11,14-15H,1-4H3/t9?,10-,11?/m1/s1. The summed E-state index contributed by atoms with van der Waals surface area (Å²) in [5.74, 6) is 0.642. The molecule has 0 aliphatic carbocycles. The quantitative estimate of drug-likeness (QED) is 0.824. The lowest BCUT2D eigenvalue weighted by atomic mass is 10.1. The summed E-state index contributed by atoms with van der Waals surface area (Å²) in [6.45, 7) is 7.15. The van der Waals surface area contributed by atoms with Crippen molar-refractivity contribution in [2.45, 2.75) is 46.0 Å². The van der Waals surface area contributed by atoms with Gasteiger partial charge in [-0.25, -0.2) is 0 Å². The molecule has 0 bridgehead atoms. The van der Waals surface area contributed by atoms with Crippen LogP contribution >= 0.6 is 0 Å². The number of rotatable bonds is 4. The predicted octanol–water partition coefficient (Wildman–Crippen LogP) is 2.20. The molecule has 0 amide bonds. The predicted molar refractivity (Wildman–Crippen MR) is 63.6 cm³/mol. The van der Waals surface area contributed by atoms with Gasteiger partial charge < -0.3 is 14.9 Å². The van der Waals surface area contributed by atoms with E-state index in [2.05, 4.69) is 0 Å². The Morgan fingerprint density at radius 3 is 2.25 bits per heavy atom. The van der Waals surface area contributed by atoms with Gasteiger partial charge in [-0.2, -0.15) is 0 Å². The van der Waals surface area contributed by atoms with E-state index in [1.165, 1.54) is 0 Å². The molecule has 3 nitrogen and oxygen atoms in total. The first-order valence-electron chi connectivity index (χ1n) is 5.55. The van der Waals surface area contributed by atoms with Gasteiger partial charge in [-0.05, 0) is 39.3 Å². The van der Waals surface area contributed by atoms with Crippen LogP contribution in [-0.4, -0.2) is 22.4 Å². The van der Waals surface area contributed by atoms with Crippen molar-refractivity contribution >= 4 is 0 Å². The van der Waals surface area contributed by atoms with Crippen LogP contribution in [0.15, 0.2) is 18.2 Å². The summed E-state index contributed by atoms with van der Waals surface area (Å²) in [6, 6.07) is 5.66.